The molecule has 1 saturated heterocycles. The number of rotatable bonds is 15. The number of aromatic nitrogens is 2. The van der Waals surface area contributed by atoms with Gasteiger partial charge in [-0.3, -0.25) is 33.8 Å². The van der Waals surface area contributed by atoms with Crippen molar-refractivity contribution in [1.82, 2.24) is 36.1 Å². The second-order valence-corrected chi connectivity index (χ2v) is 16.9. The van der Waals surface area contributed by atoms with Crippen molar-refractivity contribution in [3.05, 3.63) is 36.9 Å². The molecule has 1 aliphatic heterocycles. The fourth-order valence-electron chi connectivity index (χ4n) is 9.38. The lowest BCUT2D eigenvalue weighted by atomic mass is 9.68. The first-order valence-electron chi connectivity index (χ1n) is 19.5. The van der Waals surface area contributed by atoms with Crippen LogP contribution in [0.2, 0.25) is 0 Å². The minimum Gasteiger partial charge on any atom is -0.346 e. The van der Waals surface area contributed by atoms with Gasteiger partial charge in [-0.05, 0) is 60.2 Å². The van der Waals surface area contributed by atoms with E-state index in [1.165, 1.54) is 24.7 Å². The van der Waals surface area contributed by atoms with E-state index in [0.717, 1.165) is 51.4 Å². The van der Waals surface area contributed by atoms with E-state index in [-0.39, 0.29) is 48.2 Å². The number of terminal acetylenes is 1. The smallest absolute Gasteiger partial charge is 0.289 e. The Hall–Kier alpha value is -4.60. The van der Waals surface area contributed by atoms with Gasteiger partial charge in [0.2, 0.25) is 23.5 Å². The number of amides is 5. The van der Waals surface area contributed by atoms with E-state index in [9.17, 15) is 24.0 Å². The quantitative estimate of drug-likeness (QED) is 0.120. The van der Waals surface area contributed by atoms with Crippen LogP contribution in [-0.4, -0.2) is 87.4 Å². The van der Waals surface area contributed by atoms with Crippen LogP contribution in [0.15, 0.2) is 31.2 Å². The number of likely N-dealkylation sites (tertiary alicyclic amines) is 1. The lowest BCUT2D eigenvalue weighted by molar-refractivity contribution is -0.148. The van der Waals surface area contributed by atoms with Crippen LogP contribution in [0.3, 0.4) is 0 Å². The third-order valence-electron chi connectivity index (χ3n) is 12.9. The van der Waals surface area contributed by atoms with Gasteiger partial charge in [0.05, 0.1) is 12.2 Å². The molecule has 3 aliphatic carbocycles. The van der Waals surface area contributed by atoms with Gasteiger partial charge in [0.25, 0.3) is 11.8 Å². The predicted octanol–water partition coefficient (Wildman–Crippen LogP) is 3.25. The van der Waals surface area contributed by atoms with Crippen LogP contribution in [0.4, 0.5) is 0 Å². The average Bonchev–Trinajstić information content (AvgIpc) is 3.46. The fourth-order valence-corrected chi connectivity index (χ4v) is 9.38. The van der Waals surface area contributed by atoms with Gasteiger partial charge < -0.3 is 26.2 Å². The highest BCUT2D eigenvalue weighted by molar-refractivity contribution is 6.38. The van der Waals surface area contributed by atoms with Crippen LogP contribution in [0, 0.1) is 40.4 Å². The summed E-state index contributed by atoms with van der Waals surface area (Å²) in [5.41, 5.74) is -1.33. The Balaban J connectivity index is 1.45. The highest BCUT2D eigenvalue weighted by atomic mass is 16.2. The van der Waals surface area contributed by atoms with Crippen molar-refractivity contribution < 1.29 is 28.8 Å². The second-order valence-electron chi connectivity index (χ2n) is 16.9. The molecular weight excluding hydrogens is 686 g/mol. The normalized spacial score (nSPS) is 24.9. The molecule has 2 heterocycles. The molecule has 3 saturated carbocycles. The van der Waals surface area contributed by atoms with E-state index in [1.54, 1.807) is 4.90 Å². The van der Waals surface area contributed by atoms with Crippen molar-refractivity contribution in [2.75, 3.05) is 13.1 Å². The van der Waals surface area contributed by atoms with Crippen LogP contribution < -0.4 is 21.3 Å². The molecule has 292 valence electrons. The third-order valence-corrected chi connectivity index (χ3v) is 12.9. The van der Waals surface area contributed by atoms with Gasteiger partial charge in [-0.1, -0.05) is 72.3 Å². The lowest BCUT2D eigenvalue weighted by Gasteiger charge is -2.45. The zero-order chi connectivity index (χ0) is 39.3. The molecule has 0 radical (unpaired) electrons. The molecule has 6 atom stereocenters. The van der Waals surface area contributed by atoms with Crippen molar-refractivity contribution in [2.24, 2.45) is 28.1 Å². The number of hydrogen-bond donors (Lipinski definition) is 4. The summed E-state index contributed by atoms with van der Waals surface area (Å²) in [6.07, 6.45) is 19.9. The number of ketones is 1. The molecule has 4 fully saturated rings. The Bertz CT molecular complexity index is 1640. The predicted molar refractivity (Wildman–Crippen MR) is 202 cm³/mol. The molecular formula is C41H57N7O6. The SMILES string of the molecule is C#CCC[C@H](NC(=O)[C@@H]1[C@@H]2[C@H](CN1C(=O)[C@@H](NC(=O)[C@@H](NC(=O)c1cnccn1)C1(C)CCCCC1)C1(C)CCCCC1)C2(C)C)C(=O)C(=O)NCC=C. The Kier molecular flexibility index (Phi) is 12.6. The fraction of sp³-hybridized carbons (Fsp3) is 0.659. The van der Waals surface area contributed by atoms with Crippen molar-refractivity contribution in [2.45, 2.75) is 129 Å². The summed E-state index contributed by atoms with van der Waals surface area (Å²) in [5.74, 6) is -1.22. The summed E-state index contributed by atoms with van der Waals surface area (Å²) in [4.78, 5) is 93.1. The standard InChI is InChI=1S/C41H57N7O6/c1-7-9-16-27(31(49)36(52)44-21-8-2)45-35(51)30-29-26(39(29,3)4)25-48(30)38(54)33(41(6)19-14-11-15-20-41)47-37(53)32(40(5)17-12-10-13-18-40)46-34(50)28-24-42-22-23-43-28/h1,8,22-24,26-27,29-30,32-33H,2,9-21,25H2,3-6H3,(H,44,52)(H,45,51)(H,46,50)(H,47,53)/t26-,27-,29-,30-,32+,33+/m0/s1. The van der Waals surface area contributed by atoms with Crippen molar-refractivity contribution in [3.8, 4) is 12.3 Å². The van der Waals surface area contributed by atoms with Crippen LogP contribution in [0.25, 0.3) is 0 Å². The maximum absolute atomic E-state index is 15.1. The zero-order valence-electron chi connectivity index (χ0n) is 32.2. The Labute approximate surface area is 319 Å². The van der Waals surface area contributed by atoms with E-state index in [1.807, 2.05) is 13.8 Å². The van der Waals surface area contributed by atoms with Crippen molar-refractivity contribution in [1.29, 1.82) is 0 Å². The van der Waals surface area contributed by atoms with Gasteiger partial charge in [-0.2, -0.15) is 0 Å². The molecule has 1 aromatic rings. The molecule has 5 amide bonds. The van der Waals surface area contributed by atoms with Crippen LogP contribution >= 0.6 is 0 Å². The van der Waals surface area contributed by atoms with Crippen LogP contribution in [0.1, 0.15) is 115 Å². The van der Waals surface area contributed by atoms with E-state index in [4.69, 9.17) is 6.42 Å². The minimum atomic E-state index is -1.18. The Morgan fingerprint density at radius 1 is 0.926 bits per heavy atom. The highest BCUT2D eigenvalue weighted by Crippen LogP contribution is 2.65. The number of carbonyl (C=O) groups excluding carboxylic acids is 6. The van der Waals surface area contributed by atoms with Crippen molar-refractivity contribution in [3.63, 3.8) is 0 Å². The molecule has 13 nitrogen and oxygen atoms in total. The molecule has 4 N–H and O–H groups in total. The minimum absolute atomic E-state index is 0.0311. The Morgan fingerprint density at radius 3 is 2.13 bits per heavy atom. The summed E-state index contributed by atoms with van der Waals surface area (Å²) in [5, 5.41) is 11.4. The molecule has 0 bridgehead atoms. The number of fused-ring (bicyclic) bond motifs is 1. The summed E-state index contributed by atoms with van der Waals surface area (Å²) in [6, 6.07) is -4.04. The van der Waals surface area contributed by atoms with Gasteiger partial charge >= 0.3 is 0 Å². The van der Waals surface area contributed by atoms with Gasteiger partial charge in [-0.15, -0.1) is 18.9 Å². The lowest BCUT2D eigenvalue weighted by Crippen LogP contribution is -2.64. The summed E-state index contributed by atoms with van der Waals surface area (Å²) in [6.45, 7) is 12.1. The molecule has 1 aromatic heterocycles. The molecule has 0 spiro atoms. The molecule has 5 rings (SSSR count). The Morgan fingerprint density at radius 2 is 1.56 bits per heavy atom. The van der Waals surface area contributed by atoms with E-state index in [2.05, 4.69) is 57.6 Å². The van der Waals surface area contributed by atoms with Crippen LogP contribution in [-0.2, 0) is 24.0 Å². The highest BCUT2D eigenvalue weighted by Gasteiger charge is 2.70. The van der Waals surface area contributed by atoms with Crippen LogP contribution in [0.5, 0.6) is 0 Å². The molecule has 0 aromatic carbocycles. The zero-order valence-corrected chi connectivity index (χ0v) is 32.2. The first-order chi connectivity index (χ1) is 25.7. The number of hydrogen-bond acceptors (Lipinski definition) is 8. The monoisotopic (exact) mass is 743 g/mol. The molecule has 4 aliphatic rings. The number of nitrogens with zero attached hydrogens (tertiary/aromatic N) is 3. The molecule has 54 heavy (non-hydrogen) atoms. The first-order valence-corrected chi connectivity index (χ1v) is 19.5. The van der Waals surface area contributed by atoms with E-state index in [0.29, 0.717) is 19.4 Å². The molecule has 13 heteroatoms. The largest absolute Gasteiger partial charge is 0.346 e. The van der Waals surface area contributed by atoms with Gasteiger partial charge in [0.15, 0.2) is 0 Å². The number of piperidine rings is 1. The summed E-state index contributed by atoms with van der Waals surface area (Å²) < 4.78 is 0. The van der Waals surface area contributed by atoms with Crippen molar-refractivity contribution >= 4 is 35.3 Å². The maximum Gasteiger partial charge on any atom is 0.289 e. The first kappa shape index (κ1) is 40.6. The number of nitrogens with one attached hydrogen (secondary N) is 4. The van der Waals surface area contributed by atoms with Gasteiger partial charge in [-0.25, -0.2) is 4.98 Å². The number of carbonyl (C=O) groups is 6. The third kappa shape index (κ3) is 8.53. The van der Waals surface area contributed by atoms with E-state index < -0.39 is 64.4 Å². The summed E-state index contributed by atoms with van der Waals surface area (Å²) >= 11 is 0. The topological polar surface area (TPSA) is 180 Å². The van der Waals surface area contributed by atoms with Gasteiger partial charge in [0, 0.05) is 31.9 Å². The number of Topliss-reactive ketones (excluding diaryl/α,β-unsaturated/α-hetero) is 1. The molecule has 0 unspecified atom stereocenters. The average molecular weight is 744 g/mol. The van der Waals surface area contributed by atoms with Gasteiger partial charge in [0.1, 0.15) is 23.8 Å². The second kappa shape index (κ2) is 16.8. The van der Waals surface area contributed by atoms with E-state index >= 15 is 4.79 Å². The summed E-state index contributed by atoms with van der Waals surface area (Å²) in [7, 11) is 0. The maximum atomic E-state index is 15.1.